The zero-order chi connectivity index (χ0) is 14.2. The fourth-order valence-electron chi connectivity index (χ4n) is 2.30. The van der Waals surface area contributed by atoms with Crippen LogP contribution in [-0.4, -0.2) is 42.0 Å². The summed E-state index contributed by atoms with van der Waals surface area (Å²) < 4.78 is 0.692. The van der Waals surface area contributed by atoms with Gasteiger partial charge in [0.1, 0.15) is 0 Å². The van der Waals surface area contributed by atoms with Crippen LogP contribution in [0.4, 0.5) is 11.4 Å². The van der Waals surface area contributed by atoms with Crippen molar-refractivity contribution in [2.24, 2.45) is 0 Å². The van der Waals surface area contributed by atoms with Crippen molar-refractivity contribution >= 4 is 34.0 Å². The highest BCUT2D eigenvalue weighted by Gasteiger charge is 2.31. The lowest BCUT2D eigenvalue weighted by Gasteiger charge is -2.46. The van der Waals surface area contributed by atoms with E-state index in [0.717, 1.165) is 25.3 Å². The van der Waals surface area contributed by atoms with Gasteiger partial charge >= 0.3 is 0 Å². The van der Waals surface area contributed by atoms with E-state index in [9.17, 15) is 10.1 Å². The Morgan fingerprint density at radius 1 is 1.37 bits per heavy atom. The Bertz CT molecular complexity index is 505. The number of benzene rings is 1. The van der Waals surface area contributed by atoms with Crippen LogP contribution in [-0.2, 0) is 0 Å². The number of piperazine rings is 1. The van der Waals surface area contributed by atoms with Gasteiger partial charge in [-0.05, 0) is 55.6 Å². The molecule has 104 valence electrons. The molecule has 5 nitrogen and oxygen atoms in total. The number of hydrogen-bond donors (Lipinski definition) is 0. The minimum atomic E-state index is -0.334. The SMILES string of the molecule is CN1CCN(c2ccc([N+](=O)[O-])c(I)c2)CC1(C)C. The normalized spacial score (nSPS) is 19.5. The Balaban J connectivity index is 2.24. The van der Waals surface area contributed by atoms with Crippen molar-refractivity contribution in [1.29, 1.82) is 0 Å². The van der Waals surface area contributed by atoms with E-state index in [1.165, 1.54) is 0 Å². The number of nitrogens with zero attached hydrogens (tertiary/aromatic N) is 3. The van der Waals surface area contributed by atoms with E-state index in [1.807, 2.05) is 34.7 Å². The van der Waals surface area contributed by atoms with Gasteiger partial charge in [0.2, 0.25) is 0 Å². The van der Waals surface area contributed by atoms with Gasteiger partial charge in [-0.25, -0.2) is 0 Å². The van der Waals surface area contributed by atoms with Gasteiger partial charge in [-0.2, -0.15) is 0 Å². The van der Waals surface area contributed by atoms with Crippen molar-refractivity contribution in [2.75, 3.05) is 31.6 Å². The van der Waals surface area contributed by atoms with E-state index in [2.05, 4.69) is 30.7 Å². The van der Waals surface area contributed by atoms with E-state index in [4.69, 9.17) is 0 Å². The van der Waals surface area contributed by atoms with Gasteiger partial charge in [0.05, 0.1) is 8.49 Å². The topological polar surface area (TPSA) is 49.6 Å². The molecule has 1 aromatic carbocycles. The minimum Gasteiger partial charge on any atom is -0.368 e. The second-order valence-electron chi connectivity index (χ2n) is 5.55. The van der Waals surface area contributed by atoms with Gasteiger partial charge in [0.15, 0.2) is 0 Å². The van der Waals surface area contributed by atoms with Crippen LogP contribution in [0.2, 0.25) is 0 Å². The Hall–Kier alpha value is -0.890. The van der Waals surface area contributed by atoms with Crippen molar-refractivity contribution < 1.29 is 4.92 Å². The van der Waals surface area contributed by atoms with Crippen LogP contribution >= 0.6 is 22.6 Å². The molecule has 2 rings (SSSR count). The Morgan fingerprint density at radius 2 is 2.05 bits per heavy atom. The van der Waals surface area contributed by atoms with Gasteiger partial charge in [-0.3, -0.25) is 15.0 Å². The van der Waals surface area contributed by atoms with Crippen LogP contribution in [0.3, 0.4) is 0 Å². The Labute approximate surface area is 126 Å². The monoisotopic (exact) mass is 375 g/mol. The molecule has 0 bridgehead atoms. The van der Waals surface area contributed by atoms with Crippen LogP contribution in [0.25, 0.3) is 0 Å². The molecular weight excluding hydrogens is 357 g/mol. The smallest absolute Gasteiger partial charge is 0.282 e. The second kappa shape index (κ2) is 5.24. The second-order valence-corrected chi connectivity index (χ2v) is 6.71. The number of anilines is 1. The van der Waals surface area contributed by atoms with E-state index in [-0.39, 0.29) is 16.1 Å². The van der Waals surface area contributed by atoms with E-state index in [1.54, 1.807) is 6.07 Å². The maximum absolute atomic E-state index is 10.8. The Kier molecular flexibility index (Phi) is 4.00. The molecular formula is C13H18IN3O2. The summed E-state index contributed by atoms with van der Waals surface area (Å²) in [5, 5.41) is 10.8. The number of nitro benzene ring substituents is 1. The standard InChI is InChI=1S/C13H18IN3O2/c1-13(2)9-16(7-6-15(13)3)10-4-5-12(17(18)19)11(14)8-10/h4-5,8H,6-7,9H2,1-3H3. The van der Waals surface area contributed by atoms with Gasteiger partial charge < -0.3 is 4.90 Å². The molecule has 0 atom stereocenters. The van der Waals surface area contributed by atoms with Crippen LogP contribution in [0.15, 0.2) is 18.2 Å². The lowest BCUT2D eigenvalue weighted by atomic mass is 9.99. The highest BCUT2D eigenvalue weighted by molar-refractivity contribution is 14.1. The van der Waals surface area contributed by atoms with Crippen LogP contribution in [0.5, 0.6) is 0 Å². The minimum absolute atomic E-state index is 0.117. The largest absolute Gasteiger partial charge is 0.368 e. The van der Waals surface area contributed by atoms with Gasteiger partial charge in [-0.15, -0.1) is 0 Å². The fourth-order valence-corrected chi connectivity index (χ4v) is 3.00. The molecule has 0 aromatic heterocycles. The molecule has 0 saturated carbocycles. The number of nitro groups is 1. The van der Waals surface area contributed by atoms with Crippen molar-refractivity contribution in [3.05, 3.63) is 31.9 Å². The molecule has 0 unspecified atom stereocenters. The van der Waals surface area contributed by atoms with Crippen LogP contribution in [0, 0.1) is 13.7 Å². The molecule has 6 heteroatoms. The molecule has 1 heterocycles. The molecule has 1 aliphatic heterocycles. The van der Waals surface area contributed by atoms with Crippen molar-refractivity contribution in [3.63, 3.8) is 0 Å². The molecule has 0 spiro atoms. The van der Waals surface area contributed by atoms with Gasteiger partial charge in [-0.1, -0.05) is 0 Å². The first-order chi connectivity index (χ1) is 8.81. The summed E-state index contributed by atoms with van der Waals surface area (Å²) in [6, 6.07) is 5.35. The average Bonchev–Trinajstić information content (AvgIpc) is 2.32. The molecule has 1 fully saturated rings. The van der Waals surface area contributed by atoms with E-state index >= 15 is 0 Å². The summed E-state index contributed by atoms with van der Waals surface area (Å²) in [6.07, 6.45) is 0. The van der Waals surface area contributed by atoms with E-state index in [0.29, 0.717) is 3.57 Å². The van der Waals surface area contributed by atoms with Crippen molar-refractivity contribution in [1.82, 2.24) is 4.90 Å². The number of rotatable bonds is 2. The molecule has 19 heavy (non-hydrogen) atoms. The summed E-state index contributed by atoms with van der Waals surface area (Å²) in [4.78, 5) is 15.1. The predicted molar refractivity (Wildman–Crippen MR) is 84.7 cm³/mol. The van der Waals surface area contributed by atoms with Crippen LogP contribution in [0.1, 0.15) is 13.8 Å². The third-order valence-electron chi connectivity index (χ3n) is 3.81. The first-order valence-electron chi connectivity index (χ1n) is 6.21. The molecule has 0 amide bonds. The maximum Gasteiger partial charge on any atom is 0.282 e. The summed E-state index contributed by atoms with van der Waals surface area (Å²) in [7, 11) is 2.14. The third-order valence-corrected chi connectivity index (χ3v) is 4.67. The maximum atomic E-state index is 10.8. The average molecular weight is 375 g/mol. The quantitative estimate of drug-likeness (QED) is 0.453. The summed E-state index contributed by atoms with van der Waals surface area (Å²) in [5.41, 5.74) is 1.36. The summed E-state index contributed by atoms with van der Waals surface area (Å²) >= 11 is 2.03. The summed E-state index contributed by atoms with van der Waals surface area (Å²) in [6.45, 7) is 7.32. The van der Waals surface area contributed by atoms with E-state index < -0.39 is 0 Å². The molecule has 0 N–H and O–H groups in total. The van der Waals surface area contributed by atoms with Gasteiger partial charge in [0, 0.05) is 36.9 Å². The first kappa shape index (κ1) is 14.5. The highest BCUT2D eigenvalue weighted by Crippen LogP contribution is 2.29. The number of likely N-dealkylation sites (N-methyl/N-ethyl adjacent to an activating group) is 1. The Morgan fingerprint density at radius 3 is 2.58 bits per heavy atom. The molecule has 0 aliphatic carbocycles. The van der Waals surface area contributed by atoms with Gasteiger partial charge in [0.25, 0.3) is 5.69 Å². The third kappa shape index (κ3) is 3.00. The van der Waals surface area contributed by atoms with Crippen molar-refractivity contribution in [3.8, 4) is 0 Å². The summed E-state index contributed by atoms with van der Waals surface area (Å²) in [5.74, 6) is 0. The number of halogens is 1. The van der Waals surface area contributed by atoms with Crippen LogP contribution < -0.4 is 4.90 Å². The molecule has 1 aromatic rings. The highest BCUT2D eigenvalue weighted by atomic mass is 127. The lowest BCUT2D eigenvalue weighted by molar-refractivity contribution is -0.385. The molecule has 1 saturated heterocycles. The number of hydrogen-bond acceptors (Lipinski definition) is 4. The molecule has 0 radical (unpaired) electrons. The first-order valence-corrected chi connectivity index (χ1v) is 7.29. The zero-order valence-electron chi connectivity index (χ0n) is 11.4. The zero-order valence-corrected chi connectivity index (χ0v) is 13.5. The molecule has 1 aliphatic rings. The lowest BCUT2D eigenvalue weighted by Crippen LogP contribution is -2.57. The predicted octanol–water partition coefficient (Wildman–Crippen LogP) is 2.73. The van der Waals surface area contributed by atoms with Crippen molar-refractivity contribution in [2.45, 2.75) is 19.4 Å². The fraction of sp³-hybridized carbons (Fsp3) is 0.538.